The zero-order valence-electron chi connectivity index (χ0n) is 2.83. The molecule has 0 heterocycles. The van der Waals surface area contributed by atoms with Crippen LogP contribution in [0.3, 0.4) is 0 Å². The average Bonchev–Trinajstić information content (AvgIpc) is 1.38. The van der Waals surface area contributed by atoms with Crippen molar-refractivity contribution < 1.29 is 36.1 Å². The van der Waals surface area contributed by atoms with Crippen molar-refractivity contribution in [2.45, 2.75) is 0 Å². The molecule has 0 aromatic carbocycles. The molecule has 0 spiro atoms. The normalized spacial score (nSPS) is 6.17. The number of hydrogen-bond donors (Lipinski definition) is 2. The molecule has 0 aromatic rings. The quantitative estimate of drug-likeness (QED) is 0.647. The molecule has 0 fully saturated rings. The van der Waals surface area contributed by atoms with Crippen molar-refractivity contribution in [2.24, 2.45) is 0 Å². The summed E-state index contributed by atoms with van der Waals surface area (Å²) in [4.78, 5) is 9.12. The van der Waals surface area contributed by atoms with Gasteiger partial charge in [-0.25, -0.2) is 4.79 Å². The van der Waals surface area contributed by atoms with E-state index in [-0.39, 0.29) is 21.1 Å². The summed E-state index contributed by atoms with van der Waals surface area (Å²) in [6, 6.07) is 0. The Hall–Kier alpha value is 0.118. The van der Waals surface area contributed by atoms with E-state index in [0.29, 0.717) is 0 Å². The smallest absolute Gasteiger partial charge is 0.329 e. The van der Waals surface area contributed by atoms with Crippen LogP contribution in [0, 0.1) is 0 Å². The molecule has 40 valence electrons. The predicted octanol–water partition coefficient (Wildman–Crippen LogP) is -0.939. The molecular weight excluding hydrogens is 267 g/mol. The Bertz CT molecular complexity index is 44.1. The van der Waals surface area contributed by atoms with Crippen LogP contribution in [-0.4, -0.2) is 22.8 Å². The first kappa shape index (κ1) is 9.45. The van der Waals surface area contributed by atoms with E-state index >= 15 is 0 Å². The molecule has 4 heteroatoms. The summed E-state index contributed by atoms with van der Waals surface area (Å²) in [6.45, 7) is -0.778. The average molecular weight is 271 g/mol. The Morgan fingerprint density at radius 3 is 1.83 bits per heavy atom. The van der Waals surface area contributed by atoms with Crippen molar-refractivity contribution >= 4 is 5.97 Å². The number of aliphatic carboxylic acids is 1. The first-order valence-corrected chi connectivity index (χ1v) is 1.10. The predicted molar refractivity (Wildman–Crippen MR) is 14.7 cm³/mol. The first-order chi connectivity index (χ1) is 2.27. The second-order valence-corrected chi connectivity index (χ2v) is 0.552. The van der Waals surface area contributed by atoms with Crippen LogP contribution in [0.4, 0.5) is 0 Å². The third-order valence-corrected chi connectivity index (χ3v) is 0.135. The van der Waals surface area contributed by atoms with Crippen molar-refractivity contribution in [3.63, 3.8) is 0 Å². The fourth-order valence-electron chi connectivity index (χ4n) is 0. The van der Waals surface area contributed by atoms with Gasteiger partial charge in [0.15, 0.2) is 0 Å². The maximum Gasteiger partial charge on any atom is 0.329 e. The Labute approximate surface area is 49.2 Å². The van der Waals surface area contributed by atoms with Gasteiger partial charge in [-0.15, -0.1) is 0 Å². The summed E-state index contributed by atoms with van der Waals surface area (Å²) in [5.74, 6) is -1.19. The summed E-state index contributed by atoms with van der Waals surface area (Å²) >= 11 is 0. The number of carboxylic acid groups (broad SMARTS) is 1. The van der Waals surface area contributed by atoms with Crippen molar-refractivity contribution in [1.82, 2.24) is 0 Å². The first-order valence-electron chi connectivity index (χ1n) is 1.10. The van der Waals surface area contributed by atoms with E-state index in [2.05, 4.69) is 0 Å². The molecule has 0 amide bonds. The molecule has 0 aliphatic heterocycles. The fraction of sp³-hybridized carbons (Fsp3) is 0.500. The van der Waals surface area contributed by atoms with Gasteiger partial charge in [-0.1, -0.05) is 0 Å². The van der Waals surface area contributed by atoms with E-state index in [1.807, 2.05) is 0 Å². The molecule has 2 N–H and O–H groups in total. The van der Waals surface area contributed by atoms with Crippen LogP contribution in [0.25, 0.3) is 0 Å². The van der Waals surface area contributed by atoms with Crippen molar-refractivity contribution in [3.05, 3.63) is 0 Å². The Morgan fingerprint density at radius 1 is 1.67 bits per heavy atom. The van der Waals surface area contributed by atoms with Crippen LogP contribution in [0.5, 0.6) is 0 Å². The van der Waals surface area contributed by atoms with Crippen molar-refractivity contribution in [1.29, 1.82) is 0 Å². The van der Waals surface area contributed by atoms with Gasteiger partial charge >= 0.3 is 5.97 Å². The minimum Gasteiger partial charge on any atom is -0.480 e. The van der Waals surface area contributed by atoms with Gasteiger partial charge in [-0.3, -0.25) is 0 Å². The molecule has 0 rings (SSSR count). The maximum atomic E-state index is 9.12. The van der Waals surface area contributed by atoms with Gasteiger partial charge in [0.1, 0.15) is 6.61 Å². The Balaban J connectivity index is 0. The molecule has 0 bridgehead atoms. The van der Waals surface area contributed by atoms with Crippen LogP contribution < -0.4 is 0 Å². The third kappa shape index (κ3) is 8.92. The summed E-state index contributed by atoms with van der Waals surface area (Å²) in [6.07, 6.45) is 0. The molecule has 3 nitrogen and oxygen atoms in total. The summed E-state index contributed by atoms with van der Waals surface area (Å²) < 4.78 is 0. The number of hydrogen-bond acceptors (Lipinski definition) is 2. The van der Waals surface area contributed by atoms with E-state index in [4.69, 9.17) is 15.0 Å². The molecule has 0 aliphatic carbocycles. The summed E-state index contributed by atoms with van der Waals surface area (Å²) in [5.41, 5.74) is 0. The molecule has 0 atom stereocenters. The number of aliphatic hydroxyl groups is 1. The number of carbonyl (C=O) groups is 1. The second-order valence-electron chi connectivity index (χ2n) is 0.552. The van der Waals surface area contributed by atoms with Crippen LogP contribution in [0.15, 0.2) is 0 Å². The zero-order valence-corrected chi connectivity index (χ0v) is 5.10. The number of carboxylic acids is 1. The molecule has 0 saturated heterocycles. The van der Waals surface area contributed by atoms with E-state index in [0.717, 1.165) is 0 Å². The van der Waals surface area contributed by atoms with E-state index in [1.54, 1.807) is 0 Å². The van der Waals surface area contributed by atoms with E-state index in [9.17, 15) is 0 Å². The molecule has 0 unspecified atom stereocenters. The van der Waals surface area contributed by atoms with Gasteiger partial charge in [0.05, 0.1) is 0 Å². The van der Waals surface area contributed by atoms with Crippen LogP contribution in [-0.2, 0) is 25.9 Å². The molecule has 6 heavy (non-hydrogen) atoms. The van der Waals surface area contributed by atoms with Crippen LogP contribution in [0.2, 0.25) is 0 Å². The van der Waals surface area contributed by atoms with Crippen molar-refractivity contribution in [2.75, 3.05) is 6.61 Å². The molecule has 0 saturated carbocycles. The minimum atomic E-state index is -1.19. The number of aliphatic hydroxyl groups excluding tert-OH is 1. The second kappa shape index (κ2) is 5.12. The zero-order chi connectivity index (χ0) is 4.28. The standard InChI is InChI=1S/C2H4O3.Pt/c3-1-2(4)5;/h3H,1H2,(H,4,5);. The fourth-order valence-corrected chi connectivity index (χ4v) is 0. The molecule has 0 aliphatic rings. The minimum absolute atomic E-state index is 0. The molecule has 0 aromatic heterocycles. The summed E-state index contributed by atoms with van der Waals surface area (Å²) in [7, 11) is 0. The maximum absolute atomic E-state index is 9.12. The van der Waals surface area contributed by atoms with E-state index < -0.39 is 12.6 Å². The molecule has 0 radical (unpaired) electrons. The topological polar surface area (TPSA) is 57.5 Å². The van der Waals surface area contributed by atoms with Gasteiger partial charge in [0, 0.05) is 21.1 Å². The number of rotatable bonds is 1. The van der Waals surface area contributed by atoms with Gasteiger partial charge in [0.25, 0.3) is 0 Å². The molecular formula is C2H4O3Pt. The Morgan fingerprint density at radius 2 is 1.83 bits per heavy atom. The van der Waals surface area contributed by atoms with Gasteiger partial charge < -0.3 is 10.2 Å². The van der Waals surface area contributed by atoms with Crippen LogP contribution >= 0.6 is 0 Å². The van der Waals surface area contributed by atoms with Crippen molar-refractivity contribution in [3.8, 4) is 0 Å². The van der Waals surface area contributed by atoms with E-state index in [1.165, 1.54) is 0 Å². The Kier molecular flexibility index (Phi) is 8.06. The van der Waals surface area contributed by atoms with Gasteiger partial charge in [0.2, 0.25) is 0 Å². The monoisotopic (exact) mass is 271 g/mol. The van der Waals surface area contributed by atoms with Gasteiger partial charge in [-0.2, -0.15) is 0 Å². The largest absolute Gasteiger partial charge is 0.480 e. The van der Waals surface area contributed by atoms with Gasteiger partial charge in [-0.05, 0) is 0 Å². The summed E-state index contributed by atoms with van der Waals surface area (Å²) in [5, 5.41) is 15.0. The SMILES string of the molecule is O=C(O)CO.[Pt]. The van der Waals surface area contributed by atoms with Crippen LogP contribution in [0.1, 0.15) is 0 Å². The third-order valence-electron chi connectivity index (χ3n) is 0.135.